The summed E-state index contributed by atoms with van der Waals surface area (Å²) in [6.45, 7) is 4.94. The van der Waals surface area contributed by atoms with Crippen molar-refractivity contribution in [2.45, 2.75) is 20.3 Å². The van der Waals surface area contributed by atoms with Crippen LogP contribution in [0.15, 0.2) is 42.5 Å². The zero-order chi connectivity index (χ0) is 13.7. The molecule has 0 atom stereocenters. The molecule has 2 rings (SSSR count). The zero-order valence-electron chi connectivity index (χ0n) is 11.8. The van der Waals surface area contributed by atoms with Crippen LogP contribution in [-0.2, 0) is 0 Å². The molecule has 0 radical (unpaired) electrons. The number of ether oxygens (including phenoxy) is 2. The van der Waals surface area contributed by atoms with Crippen molar-refractivity contribution < 1.29 is 9.47 Å². The molecular formula is C17H20O2. The van der Waals surface area contributed by atoms with Crippen molar-refractivity contribution in [3.63, 3.8) is 0 Å². The molecule has 0 saturated heterocycles. The summed E-state index contributed by atoms with van der Waals surface area (Å²) in [6.07, 6.45) is 1.01. The Bertz CT molecular complexity index is 547. The molecule has 2 heteroatoms. The van der Waals surface area contributed by atoms with Gasteiger partial charge in [0, 0.05) is 5.56 Å². The number of aryl methyl sites for hydroxylation is 1. The molecule has 2 aromatic carbocycles. The van der Waals surface area contributed by atoms with Gasteiger partial charge in [0.05, 0.1) is 13.7 Å². The number of benzene rings is 2. The predicted molar refractivity (Wildman–Crippen MR) is 79.0 cm³/mol. The van der Waals surface area contributed by atoms with E-state index in [4.69, 9.17) is 9.47 Å². The Morgan fingerprint density at radius 2 is 1.89 bits per heavy atom. The van der Waals surface area contributed by atoms with Gasteiger partial charge in [-0.25, -0.2) is 0 Å². The molecule has 0 heterocycles. The Kier molecular flexibility index (Phi) is 4.45. The highest BCUT2D eigenvalue weighted by atomic mass is 16.5. The number of hydrogen-bond donors (Lipinski definition) is 0. The van der Waals surface area contributed by atoms with Crippen LogP contribution in [0.3, 0.4) is 0 Å². The molecule has 0 unspecified atom stereocenters. The molecule has 0 saturated carbocycles. The smallest absolute Gasteiger partial charge is 0.127 e. The fraction of sp³-hybridized carbons (Fsp3) is 0.294. The van der Waals surface area contributed by atoms with E-state index >= 15 is 0 Å². The summed E-state index contributed by atoms with van der Waals surface area (Å²) in [4.78, 5) is 0. The fourth-order valence-electron chi connectivity index (χ4n) is 2.00. The first-order chi connectivity index (χ1) is 9.24. The molecule has 0 aliphatic heterocycles. The quantitative estimate of drug-likeness (QED) is 0.786. The van der Waals surface area contributed by atoms with Gasteiger partial charge in [-0.05, 0) is 43.2 Å². The molecule has 0 aliphatic rings. The standard InChI is InChI=1S/C17H20O2/c1-4-10-19-17-9-8-13(2)11-16(17)14-6-5-7-15(12-14)18-3/h5-9,11-12H,4,10H2,1-3H3. The second-order valence-electron chi connectivity index (χ2n) is 4.58. The van der Waals surface area contributed by atoms with E-state index < -0.39 is 0 Å². The van der Waals surface area contributed by atoms with Crippen LogP contribution in [0.25, 0.3) is 11.1 Å². The van der Waals surface area contributed by atoms with Crippen molar-refractivity contribution in [3.8, 4) is 22.6 Å². The maximum absolute atomic E-state index is 5.83. The van der Waals surface area contributed by atoms with Gasteiger partial charge in [0.25, 0.3) is 0 Å². The van der Waals surface area contributed by atoms with Crippen molar-refractivity contribution >= 4 is 0 Å². The molecule has 0 amide bonds. The van der Waals surface area contributed by atoms with E-state index in [0.29, 0.717) is 0 Å². The largest absolute Gasteiger partial charge is 0.497 e. The van der Waals surface area contributed by atoms with Gasteiger partial charge in [-0.15, -0.1) is 0 Å². The van der Waals surface area contributed by atoms with E-state index in [1.165, 1.54) is 5.56 Å². The van der Waals surface area contributed by atoms with Gasteiger partial charge in [-0.3, -0.25) is 0 Å². The summed E-state index contributed by atoms with van der Waals surface area (Å²) >= 11 is 0. The predicted octanol–water partition coefficient (Wildman–Crippen LogP) is 4.46. The molecule has 0 fully saturated rings. The molecule has 2 aromatic rings. The van der Waals surface area contributed by atoms with Crippen LogP contribution in [0.1, 0.15) is 18.9 Å². The first kappa shape index (κ1) is 13.5. The van der Waals surface area contributed by atoms with Crippen molar-refractivity contribution in [1.82, 2.24) is 0 Å². The summed E-state index contributed by atoms with van der Waals surface area (Å²) in [5.41, 5.74) is 3.46. The maximum Gasteiger partial charge on any atom is 0.127 e. The minimum atomic E-state index is 0.736. The summed E-state index contributed by atoms with van der Waals surface area (Å²) in [6, 6.07) is 14.3. The highest BCUT2D eigenvalue weighted by molar-refractivity contribution is 5.72. The zero-order valence-corrected chi connectivity index (χ0v) is 11.8. The second-order valence-corrected chi connectivity index (χ2v) is 4.58. The average molecular weight is 256 g/mol. The molecule has 0 spiro atoms. The van der Waals surface area contributed by atoms with Crippen LogP contribution in [0.2, 0.25) is 0 Å². The Hall–Kier alpha value is -1.96. The Balaban J connectivity index is 2.43. The van der Waals surface area contributed by atoms with Crippen LogP contribution < -0.4 is 9.47 Å². The van der Waals surface area contributed by atoms with Gasteiger partial charge in [0.1, 0.15) is 11.5 Å². The lowest BCUT2D eigenvalue weighted by Crippen LogP contribution is -1.97. The van der Waals surface area contributed by atoms with Crippen molar-refractivity contribution in [2.75, 3.05) is 13.7 Å². The molecular weight excluding hydrogens is 236 g/mol. The van der Waals surface area contributed by atoms with Gasteiger partial charge >= 0.3 is 0 Å². The minimum Gasteiger partial charge on any atom is -0.497 e. The third kappa shape index (κ3) is 3.28. The van der Waals surface area contributed by atoms with Crippen LogP contribution in [0, 0.1) is 6.92 Å². The lowest BCUT2D eigenvalue weighted by Gasteiger charge is -2.13. The number of methoxy groups -OCH3 is 1. The third-order valence-electron chi connectivity index (χ3n) is 2.98. The Labute approximate surface area is 115 Å². The molecule has 0 aromatic heterocycles. The molecule has 0 bridgehead atoms. The topological polar surface area (TPSA) is 18.5 Å². The van der Waals surface area contributed by atoms with E-state index in [9.17, 15) is 0 Å². The molecule has 0 aliphatic carbocycles. The van der Waals surface area contributed by atoms with E-state index in [1.807, 2.05) is 24.3 Å². The van der Waals surface area contributed by atoms with E-state index in [2.05, 4.69) is 32.0 Å². The van der Waals surface area contributed by atoms with Crippen LogP contribution in [-0.4, -0.2) is 13.7 Å². The SMILES string of the molecule is CCCOc1ccc(C)cc1-c1cccc(OC)c1. The van der Waals surface area contributed by atoms with Crippen molar-refractivity contribution in [3.05, 3.63) is 48.0 Å². The molecule has 19 heavy (non-hydrogen) atoms. The van der Waals surface area contributed by atoms with E-state index in [1.54, 1.807) is 7.11 Å². The molecule has 2 nitrogen and oxygen atoms in total. The first-order valence-electron chi connectivity index (χ1n) is 6.62. The molecule has 100 valence electrons. The maximum atomic E-state index is 5.83. The van der Waals surface area contributed by atoms with Crippen molar-refractivity contribution in [2.24, 2.45) is 0 Å². The summed E-state index contributed by atoms with van der Waals surface area (Å²) in [5, 5.41) is 0. The van der Waals surface area contributed by atoms with Crippen LogP contribution >= 0.6 is 0 Å². The molecule has 0 N–H and O–H groups in total. The van der Waals surface area contributed by atoms with E-state index in [0.717, 1.165) is 35.7 Å². The average Bonchev–Trinajstić information content (AvgIpc) is 2.46. The van der Waals surface area contributed by atoms with Gasteiger partial charge in [0.2, 0.25) is 0 Å². The second kappa shape index (κ2) is 6.28. The normalized spacial score (nSPS) is 10.3. The van der Waals surface area contributed by atoms with E-state index in [-0.39, 0.29) is 0 Å². The van der Waals surface area contributed by atoms with Crippen LogP contribution in [0.4, 0.5) is 0 Å². The Morgan fingerprint density at radius 3 is 2.63 bits per heavy atom. The number of rotatable bonds is 5. The van der Waals surface area contributed by atoms with Gasteiger partial charge < -0.3 is 9.47 Å². The number of hydrogen-bond acceptors (Lipinski definition) is 2. The Morgan fingerprint density at radius 1 is 1.05 bits per heavy atom. The third-order valence-corrected chi connectivity index (χ3v) is 2.98. The summed E-state index contributed by atoms with van der Waals surface area (Å²) in [5.74, 6) is 1.79. The van der Waals surface area contributed by atoms with Gasteiger partial charge in [-0.2, -0.15) is 0 Å². The van der Waals surface area contributed by atoms with Gasteiger partial charge in [0.15, 0.2) is 0 Å². The fourth-order valence-corrected chi connectivity index (χ4v) is 2.00. The minimum absolute atomic E-state index is 0.736. The summed E-state index contributed by atoms with van der Waals surface area (Å²) < 4.78 is 11.1. The summed E-state index contributed by atoms with van der Waals surface area (Å²) in [7, 11) is 1.68. The van der Waals surface area contributed by atoms with Gasteiger partial charge in [-0.1, -0.05) is 30.7 Å². The lowest BCUT2D eigenvalue weighted by molar-refractivity contribution is 0.318. The van der Waals surface area contributed by atoms with Crippen LogP contribution in [0.5, 0.6) is 11.5 Å². The highest BCUT2D eigenvalue weighted by Crippen LogP contribution is 2.32. The van der Waals surface area contributed by atoms with Crippen molar-refractivity contribution in [1.29, 1.82) is 0 Å². The highest BCUT2D eigenvalue weighted by Gasteiger charge is 2.07. The lowest BCUT2D eigenvalue weighted by atomic mass is 10.0. The monoisotopic (exact) mass is 256 g/mol. The first-order valence-corrected chi connectivity index (χ1v) is 6.62.